The summed E-state index contributed by atoms with van der Waals surface area (Å²) in [6.45, 7) is 0. The first-order valence-electron chi connectivity index (χ1n) is 3.55. The second-order valence-corrected chi connectivity index (χ2v) is 2.87. The molecule has 0 aromatic heterocycles. The van der Waals surface area contributed by atoms with Crippen molar-refractivity contribution in [2.75, 3.05) is 0 Å². The number of carbonyl (C=O) groups is 1. The molecule has 2 nitrogen and oxygen atoms in total. The maximum absolute atomic E-state index is 12.5. The fourth-order valence-corrected chi connectivity index (χ4v) is 0.922. The minimum absolute atomic E-state index is 0.410. The molecule has 0 aliphatic rings. The Kier molecular flexibility index (Phi) is 3.18. The number of esters is 1. The van der Waals surface area contributed by atoms with E-state index in [1.165, 1.54) is 0 Å². The summed E-state index contributed by atoms with van der Waals surface area (Å²) in [5.74, 6) is -3.69. The predicted octanol–water partition coefficient (Wildman–Crippen LogP) is 2.95. The van der Waals surface area contributed by atoms with Gasteiger partial charge in [0.25, 0.3) is 0 Å². The zero-order valence-corrected chi connectivity index (χ0v) is 7.69. The highest BCUT2D eigenvalue weighted by Gasteiger charge is 2.41. The Morgan fingerprint density at radius 1 is 1.33 bits per heavy atom. The molecule has 0 radical (unpaired) electrons. The predicted molar refractivity (Wildman–Crippen MR) is 43.1 cm³/mol. The number of hydrogen-bond donors (Lipinski definition) is 0. The molecule has 1 aromatic rings. The molecule has 0 atom stereocenters. The minimum atomic E-state index is -5.11. The number of ether oxygens (including phenoxy) is 1. The number of carbonyl (C=O) groups excluding carboxylic acids is 1. The molecule has 0 fully saturated rings. The number of halogens is 5. The monoisotopic (exact) mass is 242 g/mol. The standard InChI is InChI=1S/C8H3ClF4O2/c9-5-3-4(10)1-2-6(5)15-7(14)8(11,12)13/h1-3H. The Balaban J connectivity index is 2.87. The van der Waals surface area contributed by atoms with Crippen molar-refractivity contribution in [3.05, 3.63) is 29.0 Å². The van der Waals surface area contributed by atoms with Crippen LogP contribution in [0.2, 0.25) is 5.02 Å². The summed E-state index contributed by atoms with van der Waals surface area (Å²) < 4.78 is 51.6. The molecule has 0 N–H and O–H groups in total. The summed E-state index contributed by atoms with van der Waals surface area (Å²) in [6, 6.07) is 2.40. The molecule has 0 spiro atoms. The van der Waals surface area contributed by atoms with Crippen molar-refractivity contribution in [3.8, 4) is 5.75 Å². The second kappa shape index (κ2) is 4.06. The first-order valence-corrected chi connectivity index (χ1v) is 3.92. The van der Waals surface area contributed by atoms with E-state index < -0.39 is 28.7 Å². The molecule has 15 heavy (non-hydrogen) atoms. The summed E-state index contributed by atoms with van der Waals surface area (Å²) in [7, 11) is 0. The van der Waals surface area contributed by atoms with Gasteiger partial charge in [0.15, 0.2) is 0 Å². The van der Waals surface area contributed by atoms with Crippen molar-refractivity contribution in [1.82, 2.24) is 0 Å². The van der Waals surface area contributed by atoms with Crippen LogP contribution in [0, 0.1) is 5.82 Å². The van der Waals surface area contributed by atoms with Crippen molar-refractivity contribution in [2.24, 2.45) is 0 Å². The van der Waals surface area contributed by atoms with Crippen LogP contribution >= 0.6 is 11.6 Å². The molecule has 0 amide bonds. The molecule has 0 bridgehead atoms. The van der Waals surface area contributed by atoms with Gasteiger partial charge in [-0.15, -0.1) is 0 Å². The van der Waals surface area contributed by atoms with Gasteiger partial charge < -0.3 is 4.74 Å². The molecule has 82 valence electrons. The zero-order chi connectivity index (χ0) is 11.6. The number of hydrogen-bond acceptors (Lipinski definition) is 2. The van der Waals surface area contributed by atoms with Crippen LogP contribution in [0.15, 0.2) is 18.2 Å². The Hall–Kier alpha value is -1.30. The average molecular weight is 243 g/mol. The fourth-order valence-electron chi connectivity index (χ4n) is 0.716. The first kappa shape index (κ1) is 11.8. The quantitative estimate of drug-likeness (QED) is 0.430. The van der Waals surface area contributed by atoms with E-state index in [1.54, 1.807) is 0 Å². The van der Waals surface area contributed by atoms with Gasteiger partial charge in [0.05, 0.1) is 5.02 Å². The van der Waals surface area contributed by atoms with Gasteiger partial charge in [0, 0.05) is 0 Å². The molecule has 0 saturated carbocycles. The highest BCUT2D eigenvalue weighted by Crippen LogP contribution is 2.27. The summed E-state index contributed by atoms with van der Waals surface area (Å²) in [5.41, 5.74) is 0. The molecule has 0 heterocycles. The van der Waals surface area contributed by atoms with Crippen LogP contribution in [-0.2, 0) is 4.79 Å². The molecule has 7 heteroatoms. The summed E-state index contributed by atoms with van der Waals surface area (Å²) >= 11 is 5.34. The SMILES string of the molecule is O=C(Oc1ccc(F)cc1Cl)C(F)(F)F. The smallest absolute Gasteiger partial charge is 0.418 e. The average Bonchev–Trinajstić information content (AvgIpc) is 2.08. The van der Waals surface area contributed by atoms with E-state index in [9.17, 15) is 22.4 Å². The number of rotatable bonds is 1. The Morgan fingerprint density at radius 2 is 1.93 bits per heavy atom. The van der Waals surface area contributed by atoms with E-state index in [0.29, 0.717) is 0 Å². The lowest BCUT2D eigenvalue weighted by atomic mass is 10.3. The molecular weight excluding hydrogens is 240 g/mol. The maximum atomic E-state index is 12.5. The van der Waals surface area contributed by atoms with Crippen LogP contribution in [0.25, 0.3) is 0 Å². The van der Waals surface area contributed by atoms with E-state index in [0.717, 1.165) is 18.2 Å². The van der Waals surface area contributed by atoms with Gasteiger partial charge in [-0.2, -0.15) is 13.2 Å². The normalized spacial score (nSPS) is 11.3. The number of benzene rings is 1. The van der Waals surface area contributed by atoms with Gasteiger partial charge in [0.1, 0.15) is 11.6 Å². The Bertz CT molecular complexity index is 389. The van der Waals surface area contributed by atoms with Crippen molar-refractivity contribution < 1.29 is 27.1 Å². The van der Waals surface area contributed by atoms with E-state index in [4.69, 9.17) is 11.6 Å². The zero-order valence-electron chi connectivity index (χ0n) is 6.94. The van der Waals surface area contributed by atoms with Gasteiger partial charge in [-0.3, -0.25) is 0 Å². The van der Waals surface area contributed by atoms with Crippen LogP contribution < -0.4 is 4.74 Å². The lowest BCUT2D eigenvalue weighted by molar-refractivity contribution is -0.189. The van der Waals surface area contributed by atoms with Gasteiger partial charge in [0.2, 0.25) is 0 Å². The first-order chi connectivity index (χ1) is 6.80. The van der Waals surface area contributed by atoms with Crippen molar-refractivity contribution in [2.45, 2.75) is 6.18 Å². The van der Waals surface area contributed by atoms with Crippen molar-refractivity contribution >= 4 is 17.6 Å². The van der Waals surface area contributed by atoms with Crippen LogP contribution in [0.1, 0.15) is 0 Å². The molecule has 0 aliphatic heterocycles. The van der Waals surface area contributed by atoms with Gasteiger partial charge in [-0.25, -0.2) is 9.18 Å². The summed E-state index contributed by atoms with van der Waals surface area (Å²) in [5, 5.41) is -0.410. The molecular formula is C8H3ClF4O2. The van der Waals surface area contributed by atoms with E-state index in [1.807, 2.05) is 0 Å². The lowest BCUT2D eigenvalue weighted by Gasteiger charge is -2.07. The van der Waals surface area contributed by atoms with E-state index in [-0.39, 0.29) is 0 Å². The van der Waals surface area contributed by atoms with Crippen molar-refractivity contribution in [1.29, 1.82) is 0 Å². The molecule has 1 rings (SSSR count). The summed E-state index contributed by atoms with van der Waals surface area (Å²) in [4.78, 5) is 10.4. The van der Waals surface area contributed by atoms with Crippen LogP contribution in [0.5, 0.6) is 5.75 Å². The Labute approximate surface area is 86.4 Å². The Morgan fingerprint density at radius 3 is 2.40 bits per heavy atom. The van der Waals surface area contributed by atoms with Gasteiger partial charge in [-0.1, -0.05) is 11.6 Å². The molecule has 0 unspecified atom stereocenters. The lowest BCUT2D eigenvalue weighted by Crippen LogP contribution is -2.28. The summed E-state index contributed by atoms with van der Waals surface area (Å²) in [6.07, 6.45) is -5.11. The minimum Gasteiger partial charge on any atom is -0.418 e. The largest absolute Gasteiger partial charge is 0.491 e. The molecule has 0 saturated heterocycles. The van der Waals surface area contributed by atoms with Crippen LogP contribution in [0.3, 0.4) is 0 Å². The third kappa shape index (κ3) is 3.09. The van der Waals surface area contributed by atoms with Gasteiger partial charge >= 0.3 is 12.1 Å². The van der Waals surface area contributed by atoms with Gasteiger partial charge in [-0.05, 0) is 18.2 Å². The molecule has 1 aromatic carbocycles. The fraction of sp³-hybridized carbons (Fsp3) is 0.125. The molecule has 0 aliphatic carbocycles. The van der Waals surface area contributed by atoms with Crippen LogP contribution in [0.4, 0.5) is 17.6 Å². The number of alkyl halides is 3. The van der Waals surface area contributed by atoms with Crippen molar-refractivity contribution in [3.63, 3.8) is 0 Å². The maximum Gasteiger partial charge on any atom is 0.491 e. The van der Waals surface area contributed by atoms with Crippen LogP contribution in [-0.4, -0.2) is 12.1 Å². The highest BCUT2D eigenvalue weighted by molar-refractivity contribution is 6.32. The van der Waals surface area contributed by atoms with E-state index in [2.05, 4.69) is 4.74 Å². The second-order valence-electron chi connectivity index (χ2n) is 2.46. The third-order valence-electron chi connectivity index (χ3n) is 1.33. The third-order valence-corrected chi connectivity index (χ3v) is 1.62. The topological polar surface area (TPSA) is 26.3 Å². The highest BCUT2D eigenvalue weighted by atomic mass is 35.5. The van der Waals surface area contributed by atoms with E-state index >= 15 is 0 Å².